The smallest absolute Gasteiger partial charge is 0.250 e. The zero-order valence-corrected chi connectivity index (χ0v) is 12.1. The van der Waals surface area contributed by atoms with Crippen LogP contribution in [0.5, 0.6) is 11.5 Å². The number of amides is 2. The van der Waals surface area contributed by atoms with Gasteiger partial charge in [-0.25, -0.2) is 0 Å². The van der Waals surface area contributed by atoms with Crippen LogP contribution in [-0.2, 0) is 9.59 Å². The molecule has 0 aliphatic carbocycles. The van der Waals surface area contributed by atoms with Crippen LogP contribution < -0.4 is 19.7 Å². The van der Waals surface area contributed by atoms with Gasteiger partial charge in [-0.2, -0.15) is 0 Å². The summed E-state index contributed by atoms with van der Waals surface area (Å²) in [4.78, 5) is 26.1. The van der Waals surface area contributed by atoms with E-state index in [9.17, 15) is 9.59 Å². The molecular formula is C15H18N2O4. The van der Waals surface area contributed by atoms with E-state index in [0.29, 0.717) is 36.8 Å². The summed E-state index contributed by atoms with van der Waals surface area (Å²) in [6.07, 6.45) is 0.568. The molecule has 3 rings (SSSR count). The Labute approximate surface area is 123 Å². The number of hydrogen-bond donors (Lipinski definition) is 1. The summed E-state index contributed by atoms with van der Waals surface area (Å²) >= 11 is 0. The summed E-state index contributed by atoms with van der Waals surface area (Å²) in [6, 6.07) is 4.31. The van der Waals surface area contributed by atoms with Gasteiger partial charge in [-0.3, -0.25) is 14.5 Å². The number of carbonyl (C=O) groups excluding carboxylic acids is 2. The lowest BCUT2D eigenvalue weighted by atomic mass is 10.0. The largest absolute Gasteiger partial charge is 0.486 e. The average molecular weight is 290 g/mol. The fraction of sp³-hybridized carbons (Fsp3) is 0.467. The van der Waals surface area contributed by atoms with Crippen LogP contribution in [0.15, 0.2) is 18.2 Å². The molecule has 6 heteroatoms. The molecule has 0 bridgehead atoms. The Hall–Kier alpha value is -2.24. The summed E-state index contributed by atoms with van der Waals surface area (Å²) in [5.41, 5.74) is 0.657. The molecule has 2 amide bonds. The van der Waals surface area contributed by atoms with Crippen molar-refractivity contribution in [3.63, 3.8) is 0 Å². The number of hydrogen-bond acceptors (Lipinski definition) is 4. The molecular weight excluding hydrogens is 272 g/mol. The highest BCUT2D eigenvalue weighted by atomic mass is 16.6. The van der Waals surface area contributed by atoms with Crippen molar-refractivity contribution in [1.29, 1.82) is 0 Å². The second-order valence-corrected chi connectivity index (χ2v) is 5.18. The number of ether oxygens (including phenoxy) is 2. The molecule has 0 saturated carbocycles. The third kappa shape index (κ3) is 2.30. The van der Waals surface area contributed by atoms with Crippen molar-refractivity contribution >= 4 is 17.5 Å². The summed E-state index contributed by atoms with van der Waals surface area (Å²) in [6.45, 7) is 4.60. The predicted molar refractivity (Wildman–Crippen MR) is 76.6 cm³/mol. The van der Waals surface area contributed by atoms with E-state index >= 15 is 0 Å². The first kappa shape index (κ1) is 13.7. The number of carbonyl (C=O) groups is 2. The first-order valence-corrected chi connectivity index (χ1v) is 7.15. The van der Waals surface area contributed by atoms with Crippen molar-refractivity contribution in [3.8, 4) is 11.5 Å². The van der Waals surface area contributed by atoms with Crippen molar-refractivity contribution in [1.82, 2.24) is 5.32 Å². The van der Waals surface area contributed by atoms with Gasteiger partial charge in [0.15, 0.2) is 11.5 Å². The molecule has 21 heavy (non-hydrogen) atoms. The van der Waals surface area contributed by atoms with Crippen LogP contribution in [-0.4, -0.2) is 37.1 Å². The molecule has 0 aromatic heterocycles. The molecule has 1 aromatic rings. The zero-order valence-electron chi connectivity index (χ0n) is 12.1. The number of benzene rings is 1. The second kappa shape index (κ2) is 5.27. The first-order valence-electron chi connectivity index (χ1n) is 7.15. The number of fused-ring (bicyclic) bond motifs is 1. The van der Waals surface area contributed by atoms with Crippen molar-refractivity contribution in [2.75, 3.05) is 18.1 Å². The summed E-state index contributed by atoms with van der Waals surface area (Å²) < 4.78 is 11.0. The first-order chi connectivity index (χ1) is 10.1. The van der Waals surface area contributed by atoms with Gasteiger partial charge in [-0.05, 0) is 25.5 Å². The van der Waals surface area contributed by atoms with Crippen molar-refractivity contribution in [3.05, 3.63) is 18.2 Å². The normalized spacial score (nSPS) is 24.8. The molecule has 6 nitrogen and oxygen atoms in total. The van der Waals surface area contributed by atoms with Crippen LogP contribution in [0.1, 0.15) is 20.3 Å². The third-order valence-electron chi connectivity index (χ3n) is 3.83. The van der Waals surface area contributed by atoms with Crippen LogP contribution in [0.4, 0.5) is 5.69 Å². The minimum atomic E-state index is -0.539. The maximum absolute atomic E-state index is 12.5. The van der Waals surface area contributed by atoms with E-state index in [1.54, 1.807) is 25.1 Å². The fourth-order valence-corrected chi connectivity index (χ4v) is 2.64. The van der Waals surface area contributed by atoms with Gasteiger partial charge in [-0.1, -0.05) is 6.92 Å². The molecule has 2 aliphatic heterocycles. The van der Waals surface area contributed by atoms with Crippen molar-refractivity contribution in [2.45, 2.75) is 32.4 Å². The Morgan fingerprint density at radius 3 is 2.67 bits per heavy atom. The minimum absolute atomic E-state index is 0.0960. The van der Waals surface area contributed by atoms with Crippen LogP contribution >= 0.6 is 0 Å². The van der Waals surface area contributed by atoms with Crippen LogP contribution in [0.3, 0.4) is 0 Å². The van der Waals surface area contributed by atoms with Crippen LogP contribution in [0.25, 0.3) is 0 Å². The van der Waals surface area contributed by atoms with Gasteiger partial charge in [-0.15, -0.1) is 0 Å². The Morgan fingerprint density at radius 2 is 1.95 bits per heavy atom. The molecule has 0 radical (unpaired) electrons. The Kier molecular flexibility index (Phi) is 3.45. The van der Waals surface area contributed by atoms with Gasteiger partial charge in [0.2, 0.25) is 11.8 Å². The SMILES string of the molecule is CCC1NC(=O)C(C)N(c2ccc3c(c2)OCCO3)C1=O. The quantitative estimate of drug-likeness (QED) is 0.885. The van der Waals surface area contributed by atoms with E-state index in [-0.39, 0.29) is 11.8 Å². The van der Waals surface area contributed by atoms with E-state index in [0.717, 1.165) is 0 Å². The van der Waals surface area contributed by atoms with E-state index in [1.165, 1.54) is 4.90 Å². The molecule has 2 unspecified atom stereocenters. The number of anilines is 1. The molecule has 2 aliphatic rings. The van der Waals surface area contributed by atoms with Gasteiger partial charge in [0.1, 0.15) is 25.3 Å². The average Bonchev–Trinajstić information content (AvgIpc) is 2.51. The molecule has 112 valence electrons. The number of rotatable bonds is 2. The van der Waals surface area contributed by atoms with Gasteiger partial charge >= 0.3 is 0 Å². The molecule has 1 saturated heterocycles. The summed E-state index contributed by atoms with van der Waals surface area (Å²) in [5, 5.41) is 2.74. The lowest BCUT2D eigenvalue weighted by Crippen LogP contribution is -2.62. The van der Waals surface area contributed by atoms with Gasteiger partial charge in [0.05, 0.1) is 0 Å². The van der Waals surface area contributed by atoms with Crippen molar-refractivity contribution < 1.29 is 19.1 Å². The lowest BCUT2D eigenvalue weighted by Gasteiger charge is -2.37. The Bertz CT molecular complexity index is 587. The van der Waals surface area contributed by atoms with E-state index in [1.807, 2.05) is 6.92 Å². The highest BCUT2D eigenvalue weighted by Crippen LogP contribution is 2.35. The topological polar surface area (TPSA) is 67.9 Å². The van der Waals surface area contributed by atoms with Crippen molar-refractivity contribution in [2.24, 2.45) is 0 Å². The van der Waals surface area contributed by atoms with Gasteiger partial charge < -0.3 is 14.8 Å². The van der Waals surface area contributed by atoms with Crippen LogP contribution in [0, 0.1) is 0 Å². The summed E-state index contributed by atoms with van der Waals surface area (Å²) in [5.74, 6) is 1.04. The maximum Gasteiger partial charge on any atom is 0.250 e. The molecule has 1 aromatic carbocycles. The molecule has 1 N–H and O–H groups in total. The third-order valence-corrected chi connectivity index (χ3v) is 3.83. The number of piperazine rings is 1. The number of nitrogens with zero attached hydrogens (tertiary/aromatic N) is 1. The summed E-state index contributed by atoms with van der Waals surface area (Å²) in [7, 11) is 0. The fourth-order valence-electron chi connectivity index (χ4n) is 2.64. The Balaban J connectivity index is 1.97. The second-order valence-electron chi connectivity index (χ2n) is 5.18. The van der Waals surface area contributed by atoms with E-state index < -0.39 is 12.1 Å². The maximum atomic E-state index is 12.5. The monoisotopic (exact) mass is 290 g/mol. The lowest BCUT2D eigenvalue weighted by molar-refractivity contribution is -0.133. The van der Waals surface area contributed by atoms with E-state index in [4.69, 9.17) is 9.47 Å². The highest BCUT2D eigenvalue weighted by Gasteiger charge is 2.38. The minimum Gasteiger partial charge on any atom is -0.486 e. The Morgan fingerprint density at radius 1 is 1.24 bits per heavy atom. The van der Waals surface area contributed by atoms with Gasteiger partial charge in [0, 0.05) is 11.8 Å². The molecule has 1 fully saturated rings. The van der Waals surface area contributed by atoms with E-state index in [2.05, 4.69) is 5.32 Å². The number of nitrogens with one attached hydrogen (secondary N) is 1. The molecule has 2 atom stereocenters. The zero-order chi connectivity index (χ0) is 15.0. The molecule has 0 spiro atoms. The molecule has 2 heterocycles. The predicted octanol–water partition coefficient (Wildman–Crippen LogP) is 1.09. The van der Waals surface area contributed by atoms with Gasteiger partial charge in [0.25, 0.3) is 0 Å². The highest BCUT2D eigenvalue weighted by molar-refractivity contribution is 6.08. The van der Waals surface area contributed by atoms with Crippen LogP contribution in [0.2, 0.25) is 0 Å². The standard InChI is InChI=1S/C15H18N2O4/c1-3-11-15(19)17(9(2)14(18)16-11)10-4-5-12-13(8-10)21-7-6-20-12/h4-5,8-9,11H,3,6-7H2,1-2H3,(H,16,18).